The van der Waals surface area contributed by atoms with E-state index in [4.69, 9.17) is 0 Å². The molecule has 164 valence electrons. The van der Waals surface area contributed by atoms with Crippen molar-refractivity contribution in [1.29, 1.82) is 0 Å². The van der Waals surface area contributed by atoms with E-state index in [9.17, 15) is 13.2 Å². The Bertz CT molecular complexity index is 961. The first-order valence-electron chi connectivity index (χ1n) is 10.4. The maximum atomic E-state index is 12.7. The number of aryl methyl sites for hydroxylation is 1. The van der Waals surface area contributed by atoms with Gasteiger partial charge in [0.1, 0.15) is 5.69 Å². The van der Waals surface area contributed by atoms with E-state index in [1.54, 1.807) is 0 Å². The lowest BCUT2D eigenvalue weighted by molar-refractivity contribution is -0.141. The van der Waals surface area contributed by atoms with Crippen molar-refractivity contribution in [3.63, 3.8) is 0 Å². The summed E-state index contributed by atoms with van der Waals surface area (Å²) in [5.41, 5.74) is 2.39. The van der Waals surface area contributed by atoms with Gasteiger partial charge in [0.2, 0.25) is 0 Å². The Hall–Kier alpha value is -2.71. The standard InChI is InChI=1S/C23H26F3N5/c1-29-20(9-11-28-29)22(19-5-3-2-4-6-19)31-15-13-30(14-16-31)12-10-18-7-8-21(27-17-18)23(24,25)26/h2-9,11,17,22H,10,12-16H2,1H3. The molecule has 1 fully saturated rings. The fourth-order valence-corrected chi connectivity index (χ4v) is 4.13. The number of hydrogen-bond acceptors (Lipinski definition) is 4. The van der Waals surface area contributed by atoms with Crippen molar-refractivity contribution in [2.24, 2.45) is 7.05 Å². The molecule has 31 heavy (non-hydrogen) atoms. The first-order chi connectivity index (χ1) is 14.9. The van der Waals surface area contributed by atoms with Crippen molar-refractivity contribution < 1.29 is 13.2 Å². The third kappa shape index (κ3) is 5.14. The Kier molecular flexibility index (Phi) is 6.38. The molecule has 0 N–H and O–H groups in total. The molecule has 0 aliphatic carbocycles. The highest BCUT2D eigenvalue weighted by Crippen LogP contribution is 2.29. The van der Waals surface area contributed by atoms with Crippen LogP contribution in [0, 0.1) is 0 Å². The molecule has 1 aromatic carbocycles. The summed E-state index contributed by atoms with van der Waals surface area (Å²) >= 11 is 0. The first kappa shape index (κ1) is 21.5. The summed E-state index contributed by atoms with van der Waals surface area (Å²) < 4.78 is 39.9. The van der Waals surface area contributed by atoms with Crippen molar-refractivity contribution in [1.82, 2.24) is 24.6 Å². The lowest BCUT2D eigenvalue weighted by atomic mass is 10.0. The third-order valence-corrected chi connectivity index (χ3v) is 5.86. The van der Waals surface area contributed by atoms with Gasteiger partial charge in [-0.2, -0.15) is 18.3 Å². The van der Waals surface area contributed by atoms with Gasteiger partial charge in [-0.3, -0.25) is 14.6 Å². The van der Waals surface area contributed by atoms with Gasteiger partial charge in [-0.05, 0) is 29.7 Å². The van der Waals surface area contributed by atoms with Crippen LogP contribution in [0.2, 0.25) is 0 Å². The van der Waals surface area contributed by atoms with Crippen LogP contribution in [-0.4, -0.2) is 57.3 Å². The maximum absolute atomic E-state index is 12.7. The van der Waals surface area contributed by atoms with Gasteiger partial charge in [-0.25, -0.2) is 0 Å². The summed E-state index contributed by atoms with van der Waals surface area (Å²) in [5, 5.41) is 4.36. The highest BCUT2D eigenvalue weighted by atomic mass is 19.4. The van der Waals surface area contributed by atoms with Crippen LogP contribution in [0.4, 0.5) is 13.2 Å². The highest BCUT2D eigenvalue weighted by Gasteiger charge is 2.32. The van der Waals surface area contributed by atoms with Crippen LogP contribution in [0.1, 0.15) is 28.6 Å². The minimum atomic E-state index is -4.39. The van der Waals surface area contributed by atoms with Gasteiger partial charge in [-0.1, -0.05) is 36.4 Å². The van der Waals surface area contributed by atoms with Gasteiger partial charge in [0.15, 0.2) is 0 Å². The largest absolute Gasteiger partial charge is 0.433 e. The number of alkyl halides is 3. The summed E-state index contributed by atoms with van der Waals surface area (Å²) in [6.07, 6.45) is -0.528. The van der Waals surface area contributed by atoms with Gasteiger partial charge in [-0.15, -0.1) is 0 Å². The van der Waals surface area contributed by atoms with E-state index >= 15 is 0 Å². The fraction of sp³-hybridized carbons (Fsp3) is 0.391. The zero-order valence-electron chi connectivity index (χ0n) is 17.5. The number of nitrogens with zero attached hydrogens (tertiary/aromatic N) is 5. The number of piperazine rings is 1. The highest BCUT2D eigenvalue weighted by molar-refractivity contribution is 5.28. The van der Waals surface area contributed by atoms with Crippen molar-refractivity contribution >= 4 is 0 Å². The summed E-state index contributed by atoms with van der Waals surface area (Å²) in [6.45, 7) is 4.46. The van der Waals surface area contributed by atoms with Crippen LogP contribution < -0.4 is 0 Å². The Labute approximate surface area is 180 Å². The average Bonchev–Trinajstić information content (AvgIpc) is 3.19. The average molecular weight is 429 g/mol. The van der Waals surface area contributed by atoms with Crippen molar-refractivity contribution in [2.45, 2.75) is 18.6 Å². The van der Waals surface area contributed by atoms with E-state index < -0.39 is 11.9 Å². The molecule has 0 bridgehead atoms. The quantitative estimate of drug-likeness (QED) is 0.598. The van der Waals surface area contributed by atoms with Crippen LogP contribution >= 0.6 is 0 Å². The number of aromatic nitrogens is 3. The molecule has 0 saturated carbocycles. The summed E-state index contributed by atoms with van der Waals surface area (Å²) in [5.74, 6) is 0. The molecule has 3 heterocycles. The molecule has 1 aliphatic rings. The maximum Gasteiger partial charge on any atom is 0.433 e. The van der Waals surface area contributed by atoms with E-state index in [0.29, 0.717) is 6.42 Å². The van der Waals surface area contributed by atoms with Gasteiger partial charge >= 0.3 is 6.18 Å². The van der Waals surface area contributed by atoms with Gasteiger partial charge < -0.3 is 4.90 Å². The predicted octanol–water partition coefficient (Wildman–Crippen LogP) is 3.78. The minimum absolute atomic E-state index is 0.148. The molecular weight excluding hydrogens is 403 g/mol. The third-order valence-electron chi connectivity index (χ3n) is 5.86. The van der Waals surface area contributed by atoms with Crippen LogP contribution in [0.25, 0.3) is 0 Å². The zero-order chi connectivity index (χ0) is 21.8. The zero-order valence-corrected chi connectivity index (χ0v) is 17.5. The first-order valence-corrected chi connectivity index (χ1v) is 10.4. The normalized spacial score (nSPS) is 17.0. The molecule has 1 aliphatic heterocycles. The molecular formula is C23H26F3N5. The van der Waals surface area contributed by atoms with Gasteiger partial charge in [0, 0.05) is 52.2 Å². The topological polar surface area (TPSA) is 37.2 Å². The van der Waals surface area contributed by atoms with Crippen molar-refractivity contribution in [2.75, 3.05) is 32.7 Å². The Morgan fingerprint density at radius 1 is 0.968 bits per heavy atom. The number of halogens is 3. The lowest BCUT2D eigenvalue weighted by Crippen LogP contribution is -2.48. The minimum Gasteiger partial charge on any atom is -0.300 e. The van der Waals surface area contributed by atoms with E-state index in [0.717, 1.165) is 50.0 Å². The number of pyridine rings is 1. The molecule has 2 aromatic heterocycles. The van der Waals surface area contributed by atoms with E-state index in [1.165, 1.54) is 17.8 Å². The van der Waals surface area contributed by atoms with Crippen LogP contribution in [0.5, 0.6) is 0 Å². The second-order valence-electron chi connectivity index (χ2n) is 7.87. The Balaban J connectivity index is 1.36. The summed E-state index contributed by atoms with van der Waals surface area (Å²) in [6, 6.07) is 15.3. The number of hydrogen-bond donors (Lipinski definition) is 0. The van der Waals surface area contributed by atoms with Crippen molar-refractivity contribution in [3.05, 3.63) is 83.4 Å². The smallest absolute Gasteiger partial charge is 0.300 e. The van der Waals surface area contributed by atoms with E-state index in [1.807, 2.05) is 24.0 Å². The summed E-state index contributed by atoms with van der Waals surface area (Å²) in [4.78, 5) is 8.39. The van der Waals surface area contributed by atoms with E-state index in [2.05, 4.69) is 50.2 Å². The Morgan fingerprint density at radius 2 is 1.71 bits per heavy atom. The van der Waals surface area contributed by atoms with Crippen LogP contribution in [0.15, 0.2) is 60.9 Å². The molecule has 3 aromatic rings. The molecule has 5 nitrogen and oxygen atoms in total. The monoisotopic (exact) mass is 429 g/mol. The predicted molar refractivity (Wildman–Crippen MR) is 112 cm³/mol. The molecule has 0 amide bonds. The van der Waals surface area contributed by atoms with Gasteiger partial charge in [0.05, 0.1) is 11.7 Å². The second-order valence-corrected chi connectivity index (χ2v) is 7.87. The van der Waals surface area contributed by atoms with Crippen LogP contribution in [0.3, 0.4) is 0 Å². The molecule has 1 atom stereocenters. The molecule has 1 saturated heterocycles. The van der Waals surface area contributed by atoms with Crippen molar-refractivity contribution in [3.8, 4) is 0 Å². The number of rotatable bonds is 6. The molecule has 1 unspecified atom stereocenters. The van der Waals surface area contributed by atoms with E-state index in [-0.39, 0.29) is 6.04 Å². The lowest BCUT2D eigenvalue weighted by Gasteiger charge is -2.39. The fourth-order valence-electron chi connectivity index (χ4n) is 4.13. The molecule has 0 radical (unpaired) electrons. The molecule has 4 rings (SSSR count). The molecule has 8 heteroatoms. The molecule has 0 spiro atoms. The number of benzene rings is 1. The van der Waals surface area contributed by atoms with Crippen LogP contribution in [-0.2, 0) is 19.6 Å². The Morgan fingerprint density at radius 3 is 2.29 bits per heavy atom. The summed E-state index contributed by atoms with van der Waals surface area (Å²) in [7, 11) is 1.97. The SMILES string of the molecule is Cn1nccc1C(c1ccccc1)N1CCN(CCc2ccc(C(F)(F)F)nc2)CC1. The van der Waals surface area contributed by atoms with Gasteiger partial charge in [0.25, 0.3) is 0 Å². The second kappa shape index (κ2) is 9.20.